The van der Waals surface area contributed by atoms with Crippen LogP contribution in [0.5, 0.6) is 5.75 Å². The van der Waals surface area contributed by atoms with Gasteiger partial charge in [-0.25, -0.2) is 0 Å². The summed E-state index contributed by atoms with van der Waals surface area (Å²) in [4.78, 5) is 24.1. The first-order valence-electron chi connectivity index (χ1n) is 8.58. The second-order valence-electron chi connectivity index (χ2n) is 6.49. The summed E-state index contributed by atoms with van der Waals surface area (Å²) in [5.74, 6) is 0.774. The number of anilines is 1. The summed E-state index contributed by atoms with van der Waals surface area (Å²) < 4.78 is 5.64. The van der Waals surface area contributed by atoms with Gasteiger partial charge in [-0.15, -0.1) is 0 Å². The molecule has 0 bridgehead atoms. The molecule has 2 amide bonds. The molecule has 6 heteroatoms. The van der Waals surface area contributed by atoms with Crippen molar-refractivity contribution < 1.29 is 14.3 Å². The van der Waals surface area contributed by atoms with E-state index >= 15 is 0 Å². The van der Waals surface area contributed by atoms with Crippen LogP contribution < -0.4 is 15.4 Å². The molecule has 1 fully saturated rings. The molecule has 1 aliphatic rings. The molecule has 1 aliphatic carbocycles. The molecule has 136 valence electrons. The van der Waals surface area contributed by atoms with Gasteiger partial charge in [0.05, 0.1) is 23.9 Å². The molecule has 1 saturated carbocycles. The molecule has 0 heterocycles. The van der Waals surface area contributed by atoms with Gasteiger partial charge >= 0.3 is 0 Å². The highest BCUT2D eigenvalue weighted by Crippen LogP contribution is 2.29. The van der Waals surface area contributed by atoms with E-state index in [9.17, 15) is 9.59 Å². The molecule has 2 aromatic carbocycles. The van der Waals surface area contributed by atoms with E-state index in [-0.39, 0.29) is 18.4 Å². The van der Waals surface area contributed by atoms with Crippen molar-refractivity contribution in [2.45, 2.75) is 19.8 Å². The lowest BCUT2D eigenvalue weighted by atomic mass is 10.2. The highest BCUT2D eigenvalue weighted by Gasteiger charge is 2.21. The summed E-state index contributed by atoms with van der Waals surface area (Å²) >= 11 is 6.08. The second kappa shape index (κ2) is 8.23. The number of carbonyl (C=O) groups excluding carboxylic acids is 2. The van der Waals surface area contributed by atoms with Gasteiger partial charge < -0.3 is 15.4 Å². The number of amides is 2. The lowest BCUT2D eigenvalue weighted by molar-refractivity contribution is -0.115. The van der Waals surface area contributed by atoms with Crippen molar-refractivity contribution >= 4 is 29.1 Å². The van der Waals surface area contributed by atoms with Gasteiger partial charge in [-0.3, -0.25) is 9.59 Å². The van der Waals surface area contributed by atoms with Crippen LogP contribution in [-0.2, 0) is 4.79 Å². The predicted molar refractivity (Wildman–Crippen MR) is 102 cm³/mol. The van der Waals surface area contributed by atoms with Crippen LogP contribution in [0.4, 0.5) is 5.69 Å². The fraction of sp³-hybridized carbons (Fsp3) is 0.300. The number of carbonyl (C=O) groups is 2. The Balaban J connectivity index is 1.47. The van der Waals surface area contributed by atoms with E-state index in [0.717, 1.165) is 17.9 Å². The van der Waals surface area contributed by atoms with E-state index in [4.69, 9.17) is 16.3 Å². The summed E-state index contributed by atoms with van der Waals surface area (Å²) in [6.07, 6.45) is 2.46. The van der Waals surface area contributed by atoms with Crippen LogP contribution in [0.3, 0.4) is 0 Å². The fourth-order valence-electron chi connectivity index (χ4n) is 2.38. The van der Waals surface area contributed by atoms with Gasteiger partial charge in [-0.1, -0.05) is 17.7 Å². The Kier molecular flexibility index (Phi) is 5.78. The van der Waals surface area contributed by atoms with E-state index in [0.29, 0.717) is 22.2 Å². The van der Waals surface area contributed by atoms with Crippen molar-refractivity contribution in [3.63, 3.8) is 0 Å². The molecule has 0 atom stereocenters. The van der Waals surface area contributed by atoms with Crippen molar-refractivity contribution in [1.29, 1.82) is 0 Å². The quantitative estimate of drug-likeness (QED) is 0.776. The zero-order valence-electron chi connectivity index (χ0n) is 14.5. The largest absolute Gasteiger partial charge is 0.493 e. The molecule has 0 spiro atoms. The highest BCUT2D eigenvalue weighted by atomic mass is 35.5. The summed E-state index contributed by atoms with van der Waals surface area (Å²) in [5, 5.41) is 5.74. The molecular formula is C20H21ClN2O3. The number of ether oxygens (including phenoxy) is 1. The molecular weight excluding hydrogens is 352 g/mol. The molecule has 26 heavy (non-hydrogen) atoms. The van der Waals surface area contributed by atoms with Crippen molar-refractivity contribution in [1.82, 2.24) is 5.32 Å². The summed E-state index contributed by atoms with van der Waals surface area (Å²) in [6, 6.07) is 12.3. The van der Waals surface area contributed by atoms with Crippen LogP contribution in [0.25, 0.3) is 0 Å². The minimum atomic E-state index is -0.339. The molecule has 3 rings (SSSR count). The Morgan fingerprint density at radius 2 is 1.88 bits per heavy atom. The normalized spacial score (nSPS) is 13.2. The van der Waals surface area contributed by atoms with Gasteiger partial charge in [0.1, 0.15) is 5.75 Å². The number of benzene rings is 2. The maximum atomic E-state index is 12.1. The van der Waals surface area contributed by atoms with Crippen LogP contribution in [0.15, 0.2) is 42.5 Å². The first-order valence-corrected chi connectivity index (χ1v) is 8.96. The van der Waals surface area contributed by atoms with Crippen molar-refractivity contribution in [3.05, 3.63) is 58.6 Å². The Morgan fingerprint density at radius 3 is 2.54 bits per heavy atom. The number of hydrogen-bond donors (Lipinski definition) is 2. The minimum Gasteiger partial charge on any atom is -0.493 e. The Labute approximate surface area is 157 Å². The first kappa shape index (κ1) is 18.3. The third-order valence-corrected chi connectivity index (χ3v) is 4.42. The molecule has 0 radical (unpaired) electrons. The predicted octanol–water partition coefficient (Wildman–Crippen LogP) is 3.81. The molecule has 2 N–H and O–H groups in total. The van der Waals surface area contributed by atoms with Crippen LogP contribution in [0, 0.1) is 12.8 Å². The van der Waals surface area contributed by atoms with Gasteiger partial charge in [0.2, 0.25) is 5.91 Å². The summed E-state index contributed by atoms with van der Waals surface area (Å²) in [7, 11) is 0. The van der Waals surface area contributed by atoms with Gasteiger partial charge in [-0.05, 0) is 67.6 Å². The lowest BCUT2D eigenvalue weighted by Crippen LogP contribution is -2.32. The SMILES string of the molecule is Cc1ccc(NC(=O)CNC(=O)c2ccc(OCC3CC3)cc2)c(Cl)c1. The van der Waals surface area contributed by atoms with Gasteiger partial charge in [0, 0.05) is 5.56 Å². The van der Waals surface area contributed by atoms with Crippen LogP contribution in [0.1, 0.15) is 28.8 Å². The third-order valence-electron chi connectivity index (χ3n) is 4.11. The summed E-state index contributed by atoms with van der Waals surface area (Å²) in [5.41, 5.74) is 2.00. The van der Waals surface area contributed by atoms with Crippen molar-refractivity contribution in [2.75, 3.05) is 18.5 Å². The van der Waals surface area contributed by atoms with Gasteiger partial charge in [0.15, 0.2) is 0 Å². The van der Waals surface area contributed by atoms with E-state index in [1.807, 2.05) is 13.0 Å². The molecule has 0 aromatic heterocycles. The number of rotatable bonds is 7. The third kappa shape index (κ3) is 5.23. The second-order valence-corrected chi connectivity index (χ2v) is 6.90. The number of halogens is 1. The molecule has 0 unspecified atom stereocenters. The number of aryl methyl sites for hydroxylation is 1. The van der Waals surface area contributed by atoms with E-state index < -0.39 is 0 Å². The standard InChI is InChI=1S/C20H21ClN2O3/c1-13-2-9-18(17(21)10-13)23-19(24)11-22-20(25)15-5-7-16(8-6-15)26-12-14-3-4-14/h2,5-10,14H,3-4,11-12H2,1H3,(H,22,25)(H,23,24). The van der Waals surface area contributed by atoms with E-state index in [2.05, 4.69) is 10.6 Å². The highest BCUT2D eigenvalue weighted by molar-refractivity contribution is 6.33. The minimum absolute atomic E-state index is 0.136. The maximum Gasteiger partial charge on any atom is 0.251 e. The van der Waals surface area contributed by atoms with Crippen molar-refractivity contribution in [3.8, 4) is 5.75 Å². The lowest BCUT2D eigenvalue weighted by Gasteiger charge is -2.09. The average molecular weight is 373 g/mol. The van der Waals surface area contributed by atoms with Gasteiger partial charge in [-0.2, -0.15) is 0 Å². The number of nitrogens with one attached hydrogen (secondary N) is 2. The Bertz CT molecular complexity index is 801. The fourth-order valence-corrected chi connectivity index (χ4v) is 2.66. The monoisotopic (exact) mass is 372 g/mol. The molecule has 5 nitrogen and oxygen atoms in total. The summed E-state index contributed by atoms with van der Waals surface area (Å²) in [6.45, 7) is 2.51. The van der Waals surface area contributed by atoms with Crippen LogP contribution in [-0.4, -0.2) is 25.0 Å². The Morgan fingerprint density at radius 1 is 1.15 bits per heavy atom. The van der Waals surface area contributed by atoms with E-state index in [1.165, 1.54) is 12.8 Å². The maximum absolute atomic E-state index is 12.1. The smallest absolute Gasteiger partial charge is 0.251 e. The first-order chi connectivity index (χ1) is 12.5. The Hall–Kier alpha value is -2.53. The molecule has 0 aliphatic heterocycles. The van der Waals surface area contributed by atoms with Crippen LogP contribution in [0.2, 0.25) is 5.02 Å². The number of hydrogen-bond acceptors (Lipinski definition) is 3. The van der Waals surface area contributed by atoms with Gasteiger partial charge in [0.25, 0.3) is 5.91 Å². The van der Waals surface area contributed by atoms with Crippen molar-refractivity contribution in [2.24, 2.45) is 5.92 Å². The average Bonchev–Trinajstić information content (AvgIpc) is 3.45. The molecule has 2 aromatic rings. The zero-order valence-corrected chi connectivity index (χ0v) is 15.3. The zero-order chi connectivity index (χ0) is 18.5. The topological polar surface area (TPSA) is 67.4 Å². The molecule has 0 saturated heterocycles. The van der Waals surface area contributed by atoms with E-state index in [1.54, 1.807) is 36.4 Å². The van der Waals surface area contributed by atoms with Crippen LogP contribution >= 0.6 is 11.6 Å².